The highest BCUT2D eigenvalue weighted by atomic mass is 15.4. The van der Waals surface area contributed by atoms with Crippen molar-refractivity contribution in [2.45, 2.75) is 0 Å². The number of nitrogens with one attached hydrogen (secondary N) is 1. The van der Waals surface area contributed by atoms with Gasteiger partial charge in [-0.25, -0.2) is 4.98 Å². The Labute approximate surface area is 133 Å². The number of aromatic nitrogens is 5. The first-order chi connectivity index (χ1) is 11.4. The number of nitrogens with zero attached hydrogens (tertiary/aromatic N) is 4. The average molecular weight is 300 g/mol. The Bertz CT molecular complexity index is 845. The van der Waals surface area contributed by atoms with Gasteiger partial charge in [0.25, 0.3) is 0 Å². The quantitative estimate of drug-likeness (QED) is 0.592. The highest BCUT2D eigenvalue weighted by molar-refractivity contribution is 5.56. The molecule has 1 N–H and O–H groups in total. The van der Waals surface area contributed by atoms with Crippen LogP contribution in [-0.4, -0.2) is 20.1 Å². The largest absolute Gasteiger partial charge is 0.356 e. The van der Waals surface area contributed by atoms with Crippen LogP contribution in [0.1, 0.15) is 0 Å². The topological polar surface area (TPSA) is 58.3 Å². The van der Waals surface area contributed by atoms with Gasteiger partial charge in [0, 0.05) is 12.4 Å². The molecule has 0 atom stereocenters. The van der Waals surface area contributed by atoms with Gasteiger partial charge in [0.2, 0.25) is 0 Å². The molecule has 23 heavy (non-hydrogen) atoms. The monoisotopic (exact) mass is 300 g/mol. The molecule has 0 bridgehead atoms. The zero-order valence-electron chi connectivity index (χ0n) is 12.3. The highest BCUT2D eigenvalue weighted by Gasteiger charge is 2.24. The molecule has 0 radical (unpaired) electrons. The summed E-state index contributed by atoms with van der Waals surface area (Å²) in [7, 11) is 0. The fraction of sp³-hybridized carbons (Fsp3) is 0. The predicted molar refractivity (Wildman–Crippen MR) is 86.6 cm³/mol. The van der Waals surface area contributed by atoms with E-state index in [1.807, 2.05) is 65.3 Å². The Kier molecular flexibility index (Phi) is 3.37. The molecule has 0 amide bonds. The number of para-hydroxylation sites is 1. The minimum Gasteiger partial charge on any atom is -0.261 e. The summed E-state index contributed by atoms with van der Waals surface area (Å²) < 4.78 is 1.96. The molecule has 110 valence electrons. The number of aromatic amines is 1. The Hall–Kier alpha value is -3.34. The molecule has 0 aliphatic carbocycles. The van der Waals surface area contributed by atoms with Crippen molar-refractivity contribution in [2.75, 3.05) is 0 Å². The van der Waals surface area contributed by atoms with Crippen molar-refractivity contribution in [2.24, 2.45) is 0 Å². The van der Waals surface area contributed by atoms with Crippen LogP contribution in [0.15, 0.2) is 79.3 Å². The lowest BCUT2D eigenvalue weighted by Crippen LogP contribution is -2.34. The van der Waals surface area contributed by atoms with Gasteiger partial charge in [-0.3, -0.25) is 4.98 Å². The van der Waals surface area contributed by atoms with Crippen molar-refractivity contribution in [3.05, 3.63) is 79.3 Å². The third-order valence-electron chi connectivity index (χ3n) is 3.50. The van der Waals surface area contributed by atoms with Crippen molar-refractivity contribution in [3.63, 3.8) is 0 Å². The lowest BCUT2D eigenvalue weighted by atomic mass is 10.2. The number of benzene rings is 2. The maximum atomic E-state index is 4.73. The summed E-state index contributed by atoms with van der Waals surface area (Å²) in [5.41, 5.74) is 2.75. The zero-order chi connectivity index (χ0) is 15.5. The van der Waals surface area contributed by atoms with Gasteiger partial charge >= 0.3 is 11.6 Å². The van der Waals surface area contributed by atoms with E-state index in [0.717, 1.165) is 17.1 Å². The summed E-state index contributed by atoms with van der Waals surface area (Å²) in [6.07, 6.45) is 5.01. The second kappa shape index (κ2) is 5.81. The smallest absolute Gasteiger partial charge is 0.261 e. The Morgan fingerprint density at radius 1 is 0.826 bits per heavy atom. The molecule has 0 saturated carbocycles. The molecule has 0 saturated heterocycles. The molecule has 4 rings (SSSR count). The van der Waals surface area contributed by atoms with Gasteiger partial charge in [-0.2, -0.15) is 5.10 Å². The Balaban J connectivity index is 1.91. The normalized spacial score (nSPS) is 10.6. The van der Waals surface area contributed by atoms with E-state index in [4.69, 9.17) is 4.98 Å². The molecule has 5 nitrogen and oxygen atoms in total. The lowest BCUT2D eigenvalue weighted by molar-refractivity contribution is -0.644. The van der Waals surface area contributed by atoms with Crippen molar-refractivity contribution in [1.82, 2.24) is 20.1 Å². The fourth-order valence-electron chi connectivity index (χ4n) is 2.42. The molecule has 4 aromatic rings. The van der Waals surface area contributed by atoms with Gasteiger partial charge in [-0.05, 0) is 29.2 Å². The number of rotatable bonds is 3. The van der Waals surface area contributed by atoms with Gasteiger partial charge < -0.3 is 0 Å². The molecule has 2 aromatic carbocycles. The van der Waals surface area contributed by atoms with Crippen LogP contribution in [0.25, 0.3) is 28.6 Å². The minimum absolute atomic E-state index is 0.681. The molecule has 0 spiro atoms. The first-order valence-electron chi connectivity index (χ1n) is 7.31. The van der Waals surface area contributed by atoms with Crippen molar-refractivity contribution in [1.29, 1.82) is 0 Å². The van der Waals surface area contributed by atoms with Crippen LogP contribution < -0.4 is 4.68 Å². The third-order valence-corrected chi connectivity index (χ3v) is 3.50. The third kappa shape index (κ3) is 2.60. The standard InChI is InChI=1S/C18H13N5/c1-3-7-14(8-4-1)18-21-17(16-13-19-11-12-20-16)22-23(18)15-9-5-2-6-10-15/h1-13H/p+1. The summed E-state index contributed by atoms with van der Waals surface area (Å²) in [6.45, 7) is 0. The van der Waals surface area contributed by atoms with E-state index in [1.54, 1.807) is 18.6 Å². The van der Waals surface area contributed by atoms with Gasteiger partial charge in [-0.1, -0.05) is 36.4 Å². The van der Waals surface area contributed by atoms with Crippen LogP contribution in [-0.2, 0) is 0 Å². The van der Waals surface area contributed by atoms with E-state index in [9.17, 15) is 0 Å². The summed E-state index contributed by atoms with van der Waals surface area (Å²) in [4.78, 5) is 13.2. The van der Waals surface area contributed by atoms with Crippen LogP contribution in [0.5, 0.6) is 0 Å². The molecular formula is C18H14N5+. The fourth-order valence-corrected chi connectivity index (χ4v) is 2.42. The number of hydrogen-bond acceptors (Lipinski definition) is 3. The van der Waals surface area contributed by atoms with E-state index in [0.29, 0.717) is 11.5 Å². The van der Waals surface area contributed by atoms with Crippen LogP contribution in [0.3, 0.4) is 0 Å². The molecule has 0 unspecified atom stereocenters. The second-order valence-electron chi connectivity index (χ2n) is 5.02. The van der Waals surface area contributed by atoms with Crippen LogP contribution in [0.2, 0.25) is 0 Å². The molecule has 0 fully saturated rings. The van der Waals surface area contributed by atoms with Gasteiger partial charge in [0.05, 0.1) is 11.8 Å². The SMILES string of the molecule is c1ccc(-c2nc(-c3cnccn3)[nH][n+]2-c2ccccc2)cc1. The Morgan fingerprint density at radius 2 is 1.57 bits per heavy atom. The molecule has 0 aliphatic heterocycles. The zero-order valence-corrected chi connectivity index (χ0v) is 12.3. The van der Waals surface area contributed by atoms with E-state index in [-0.39, 0.29) is 0 Å². The summed E-state index contributed by atoms with van der Waals surface area (Å²) in [5.74, 6) is 1.51. The van der Waals surface area contributed by atoms with Crippen LogP contribution in [0, 0.1) is 0 Å². The second-order valence-corrected chi connectivity index (χ2v) is 5.02. The lowest BCUT2D eigenvalue weighted by Gasteiger charge is -1.97. The summed E-state index contributed by atoms with van der Waals surface area (Å²) >= 11 is 0. The molecule has 5 heteroatoms. The maximum absolute atomic E-state index is 4.73. The minimum atomic E-state index is 0.681. The molecule has 0 aliphatic rings. The van der Waals surface area contributed by atoms with Crippen LogP contribution in [0.4, 0.5) is 0 Å². The first kappa shape index (κ1) is 13.3. The van der Waals surface area contributed by atoms with E-state index >= 15 is 0 Å². The molecule has 2 aromatic heterocycles. The molecule has 2 heterocycles. The summed E-state index contributed by atoms with van der Waals surface area (Å²) in [6, 6.07) is 20.1. The van der Waals surface area contributed by atoms with Crippen molar-refractivity contribution in [3.8, 4) is 28.6 Å². The van der Waals surface area contributed by atoms with Crippen molar-refractivity contribution >= 4 is 0 Å². The van der Waals surface area contributed by atoms with Gasteiger partial charge in [-0.15, -0.1) is 4.68 Å². The van der Waals surface area contributed by atoms with Crippen LogP contribution >= 0.6 is 0 Å². The van der Waals surface area contributed by atoms with Gasteiger partial charge in [0.1, 0.15) is 0 Å². The summed E-state index contributed by atoms with van der Waals surface area (Å²) in [5, 5.41) is 3.32. The van der Waals surface area contributed by atoms with E-state index < -0.39 is 0 Å². The molecular weight excluding hydrogens is 286 g/mol. The Morgan fingerprint density at radius 3 is 2.26 bits per heavy atom. The first-order valence-corrected chi connectivity index (χ1v) is 7.31. The number of hydrogen-bond donors (Lipinski definition) is 1. The number of H-pyrrole nitrogens is 1. The van der Waals surface area contributed by atoms with E-state index in [2.05, 4.69) is 15.1 Å². The maximum Gasteiger partial charge on any atom is 0.356 e. The van der Waals surface area contributed by atoms with Crippen molar-refractivity contribution < 1.29 is 4.68 Å². The predicted octanol–water partition coefficient (Wildman–Crippen LogP) is 2.81. The van der Waals surface area contributed by atoms with E-state index in [1.165, 1.54) is 0 Å². The van der Waals surface area contributed by atoms with Gasteiger partial charge in [0.15, 0.2) is 11.4 Å². The highest BCUT2D eigenvalue weighted by Crippen LogP contribution is 2.18. The average Bonchev–Trinajstić information content (AvgIpc) is 3.09.